The molecule has 5 heteroatoms. The van der Waals surface area contributed by atoms with Crippen LogP contribution >= 0.6 is 0 Å². The van der Waals surface area contributed by atoms with Crippen molar-refractivity contribution >= 4 is 17.6 Å². The molecule has 1 aliphatic rings. The summed E-state index contributed by atoms with van der Waals surface area (Å²) in [5, 5.41) is 2.83. The molecule has 1 aromatic carbocycles. The second-order valence-corrected chi connectivity index (χ2v) is 5.80. The molecule has 1 heterocycles. The summed E-state index contributed by atoms with van der Waals surface area (Å²) in [4.78, 5) is 26.3. The van der Waals surface area contributed by atoms with Crippen molar-refractivity contribution < 1.29 is 14.3 Å². The summed E-state index contributed by atoms with van der Waals surface area (Å²) in [7, 11) is 0. The molecule has 1 N–H and O–H groups in total. The molecule has 2 rings (SSSR count). The number of ether oxygens (including phenoxy) is 1. The first-order valence-electron chi connectivity index (χ1n) is 7.88. The number of carbonyl (C=O) groups is 2. The second-order valence-electron chi connectivity index (χ2n) is 5.80. The van der Waals surface area contributed by atoms with Gasteiger partial charge in [0.1, 0.15) is 0 Å². The number of hydrogen-bond donors (Lipinski definition) is 1. The van der Waals surface area contributed by atoms with Crippen molar-refractivity contribution in [2.45, 2.75) is 26.7 Å². The molecule has 120 valence electrons. The van der Waals surface area contributed by atoms with E-state index >= 15 is 0 Å². The number of rotatable bonds is 5. The van der Waals surface area contributed by atoms with E-state index in [9.17, 15) is 9.59 Å². The molecule has 0 aromatic heterocycles. The lowest BCUT2D eigenvalue weighted by molar-refractivity contribution is -0.117. The van der Waals surface area contributed by atoms with Gasteiger partial charge in [-0.15, -0.1) is 0 Å². The van der Waals surface area contributed by atoms with Crippen molar-refractivity contribution in [3.63, 3.8) is 0 Å². The highest BCUT2D eigenvalue weighted by Crippen LogP contribution is 2.18. The fourth-order valence-corrected chi connectivity index (χ4v) is 2.80. The van der Waals surface area contributed by atoms with Gasteiger partial charge in [0, 0.05) is 6.54 Å². The van der Waals surface area contributed by atoms with Crippen LogP contribution in [0.5, 0.6) is 0 Å². The highest BCUT2D eigenvalue weighted by atomic mass is 16.5. The van der Waals surface area contributed by atoms with E-state index < -0.39 is 5.97 Å². The third-order valence-electron chi connectivity index (χ3n) is 3.80. The van der Waals surface area contributed by atoms with E-state index in [0.29, 0.717) is 30.3 Å². The first-order valence-corrected chi connectivity index (χ1v) is 7.88. The third-order valence-corrected chi connectivity index (χ3v) is 3.80. The lowest BCUT2D eigenvalue weighted by Gasteiger charge is -2.30. The van der Waals surface area contributed by atoms with Crippen molar-refractivity contribution in [3.05, 3.63) is 29.8 Å². The van der Waals surface area contributed by atoms with Gasteiger partial charge in [-0.25, -0.2) is 4.79 Å². The number of hydrogen-bond acceptors (Lipinski definition) is 4. The summed E-state index contributed by atoms with van der Waals surface area (Å²) >= 11 is 0. The Morgan fingerprint density at radius 1 is 1.36 bits per heavy atom. The van der Waals surface area contributed by atoms with Gasteiger partial charge in [0.25, 0.3) is 0 Å². The van der Waals surface area contributed by atoms with Gasteiger partial charge in [0.15, 0.2) is 0 Å². The normalized spacial score (nSPS) is 18.7. The lowest BCUT2D eigenvalue weighted by Crippen LogP contribution is -2.39. The standard InChI is InChI=1S/C17H24N2O3/c1-3-22-17(21)14-8-4-5-9-15(14)18-16(20)12-19-10-6-7-13(2)11-19/h4-5,8-9,13H,3,6-7,10-12H2,1-2H3,(H,18,20)/t13-/m1/s1. The molecule has 1 aromatic rings. The van der Waals surface area contributed by atoms with Crippen LogP contribution in [-0.2, 0) is 9.53 Å². The Morgan fingerprint density at radius 3 is 2.86 bits per heavy atom. The summed E-state index contributed by atoms with van der Waals surface area (Å²) in [6.07, 6.45) is 2.36. The zero-order valence-electron chi connectivity index (χ0n) is 13.3. The fraction of sp³-hybridized carbons (Fsp3) is 0.529. The average molecular weight is 304 g/mol. The number of esters is 1. The van der Waals surface area contributed by atoms with E-state index in [4.69, 9.17) is 4.74 Å². The van der Waals surface area contributed by atoms with Gasteiger partial charge in [0.2, 0.25) is 5.91 Å². The van der Waals surface area contributed by atoms with Crippen LogP contribution < -0.4 is 5.32 Å². The minimum Gasteiger partial charge on any atom is -0.462 e. The predicted molar refractivity (Wildman–Crippen MR) is 85.9 cm³/mol. The first-order chi connectivity index (χ1) is 10.6. The molecule has 0 unspecified atom stereocenters. The van der Waals surface area contributed by atoms with Gasteiger partial charge in [0.05, 0.1) is 24.4 Å². The van der Waals surface area contributed by atoms with Crippen LogP contribution in [0, 0.1) is 5.92 Å². The molecule has 0 radical (unpaired) electrons. The molecular weight excluding hydrogens is 280 g/mol. The summed E-state index contributed by atoms with van der Waals surface area (Å²) in [6, 6.07) is 6.94. The summed E-state index contributed by atoms with van der Waals surface area (Å²) < 4.78 is 5.01. The number of para-hydroxylation sites is 1. The maximum Gasteiger partial charge on any atom is 0.340 e. The van der Waals surface area contributed by atoms with E-state index in [1.807, 2.05) is 0 Å². The van der Waals surface area contributed by atoms with Gasteiger partial charge >= 0.3 is 5.97 Å². The molecule has 1 saturated heterocycles. The number of anilines is 1. The van der Waals surface area contributed by atoms with E-state index in [1.54, 1.807) is 31.2 Å². The molecule has 0 aliphatic carbocycles. The molecule has 1 amide bonds. The summed E-state index contributed by atoms with van der Waals surface area (Å²) in [5.41, 5.74) is 0.903. The molecule has 0 bridgehead atoms. The minimum atomic E-state index is -0.412. The van der Waals surface area contributed by atoms with Gasteiger partial charge in [-0.3, -0.25) is 9.69 Å². The molecule has 0 saturated carbocycles. The van der Waals surface area contributed by atoms with Gasteiger partial charge in [-0.2, -0.15) is 0 Å². The van der Waals surface area contributed by atoms with Crippen molar-refractivity contribution in [1.82, 2.24) is 4.90 Å². The van der Waals surface area contributed by atoms with Crippen molar-refractivity contribution in [2.75, 3.05) is 31.6 Å². The zero-order chi connectivity index (χ0) is 15.9. The quantitative estimate of drug-likeness (QED) is 0.849. The van der Waals surface area contributed by atoms with Gasteiger partial charge in [-0.05, 0) is 44.4 Å². The van der Waals surface area contributed by atoms with Crippen LogP contribution in [0.2, 0.25) is 0 Å². The van der Waals surface area contributed by atoms with Crippen LogP contribution in [0.1, 0.15) is 37.0 Å². The molecule has 5 nitrogen and oxygen atoms in total. The summed E-state index contributed by atoms with van der Waals surface area (Å²) in [6.45, 7) is 6.55. The van der Waals surface area contributed by atoms with Crippen molar-refractivity contribution in [1.29, 1.82) is 0 Å². The topological polar surface area (TPSA) is 58.6 Å². The maximum atomic E-state index is 12.2. The van der Waals surface area contributed by atoms with Crippen molar-refractivity contribution in [2.24, 2.45) is 5.92 Å². The van der Waals surface area contributed by atoms with Crippen LogP contribution in [0.25, 0.3) is 0 Å². The number of carbonyl (C=O) groups excluding carboxylic acids is 2. The van der Waals surface area contributed by atoms with Crippen LogP contribution in [-0.4, -0.2) is 43.0 Å². The molecular formula is C17H24N2O3. The van der Waals surface area contributed by atoms with Crippen molar-refractivity contribution in [3.8, 4) is 0 Å². The Kier molecular flexibility index (Phi) is 5.95. The van der Waals surface area contributed by atoms with Crippen LogP contribution in [0.15, 0.2) is 24.3 Å². The Hall–Kier alpha value is -1.88. The van der Waals surface area contributed by atoms with E-state index in [1.165, 1.54) is 6.42 Å². The molecule has 0 spiro atoms. The number of benzene rings is 1. The molecule has 1 fully saturated rings. The van der Waals surface area contributed by atoms with Gasteiger partial charge < -0.3 is 10.1 Å². The smallest absolute Gasteiger partial charge is 0.340 e. The number of nitrogens with zero attached hydrogens (tertiary/aromatic N) is 1. The molecule has 1 atom stereocenters. The minimum absolute atomic E-state index is 0.0918. The van der Waals surface area contributed by atoms with Gasteiger partial charge in [-0.1, -0.05) is 19.1 Å². The van der Waals surface area contributed by atoms with E-state index in [2.05, 4.69) is 17.1 Å². The Morgan fingerprint density at radius 2 is 2.14 bits per heavy atom. The fourth-order valence-electron chi connectivity index (χ4n) is 2.80. The van der Waals surface area contributed by atoms with Crippen LogP contribution in [0.4, 0.5) is 5.69 Å². The highest BCUT2D eigenvalue weighted by Gasteiger charge is 2.20. The number of piperidine rings is 1. The monoisotopic (exact) mass is 304 g/mol. The maximum absolute atomic E-state index is 12.2. The Bertz CT molecular complexity index is 530. The van der Waals surface area contributed by atoms with E-state index in [-0.39, 0.29) is 5.91 Å². The Labute approximate surface area is 131 Å². The highest BCUT2D eigenvalue weighted by molar-refractivity contribution is 6.01. The number of nitrogens with one attached hydrogen (secondary N) is 1. The third kappa shape index (κ3) is 4.56. The summed E-state index contributed by atoms with van der Waals surface area (Å²) in [5.74, 6) is 0.129. The first kappa shape index (κ1) is 16.5. The Balaban J connectivity index is 1.98. The largest absolute Gasteiger partial charge is 0.462 e. The van der Waals surface area contributed by atoms with E-state index in [0.717, 1.165) is 19.5 Å². The number of amides is 1. The SMILES string of the molecule is CCOC(=O)c1ccccc1NC(=O)CN1CCC[C@@H](C)C1. The lowest BCUT2D eigenvalue weighted by atomic mass is 10.0. The predicted octanol–water partition coefficient (Wildman–Crippen LogP) is 2.53. The van der Waals surface area contributed by atoms with Crippen LogP contribution in [0.3, 0.4) is 0 Å². The average Bonchev–Trinajstić information content (AvgIpc) is 2.48. The zero-order valence-corrected chi connectivity index (χ0v) is 13.3. The second kappa shape index (κ2) is 7.94. The number of likely N-dealkylation sites (tertiary alicyclic amines) is 1. The molecule has 22 heavy (non-hydrogen) atoms. The molecule has 1 aliphatic heterocycles.